The summed E-state index contributed by atoms with van der Waals surface area (Å²) in [7, 11) is 0.107. The molecule has 91 heavy (non-hydrogen) atoms. The zero-order valence-electron chi connectivity index (χ0n) is 48.1. The van der Waals surface area contributed by atoms with Crippen molar-refractivity contribution in [3.8, 4) is 5.69 Å². The highest BCUT2D eigenvalue weighted by Gasteiger charge is 2.55. The molecule has 0 aliphatic carbocycles. The molecule has 0 bridgehead atoms. The lowest BCUT2D eigenvalue weighted by molar-refractivity contribution is -0.137. The molecule has 5 aromatic rings. The minimum atomic E-state index is -4.57. The van der Waals surface area contributed by atoms with Crippen molar-refractivity contribution >= 4 is 124 Å². The van der Waals surface area contributed by atoms with Crippen LogP contribution in [0.1, 0.15) is 64.0 Å². The van der Waals surface area contributed by atoms with Crippen molar-refractivity contribution in [1.82, 2.24) is 65.2 Å². The number of rotatable bonds is 22. The van der Waals surface area contributed by atoms with Gasteiger partial charge in [-0.2, -0.15) is 0 Å². The summed E-state index contributed by atoms with van der Waals surface area (Å²) >= 11 is 4.05. The van der Waals surface area contributed by atoms with Crippen LogP contribution >= 0.6 is 36.6 Å². The first-order chi connectivity index (χ1) is 43.4. The molecule has 0 unspecified atom stereocenters. The van der Waals surface area contributed by atoms with Crippen LogP contribution in [0.25, 0.3) is 22.3 Å². The molecule has 4 aromatic heterocycles. The largest absolute Gasteiger partial charge is 0.445 e. The second-order valence-electron chi connectivity index (χ2n) is 20.9. The first-order valence-electron chi connectivity index (χ1n) is 27.8. The van der Waals surface area contributed by atoms with E-state index in [-0.39, 0.29) is 103 Å². The highest BCUT2D eigenvalue weighted by Crippen LogP contribution is 2.61. The van der Waals surface area contributed by atoms with Gasteiger partial charge in [-0.1, -0.05) is 43.9 Å². The van der Waals surface area contributed by atoms with Crippen LogP contribution in [0, 0.1) is 11.6 Å². The normalized spacial score (nSPS) is 25.6. The predicted octanol–water partition coefficient (Wildman–Crippen LogP) is 2.98. The molecule has 40 heteroatoms. The number of alkyl halides is 2. The van der Waals surface area contributed by atoms with Crippen molar-refractivity contribution < 1.29 is 88.6 Å². The molecule has 9 amide bonds. The van der Waals surface area contributed by atoms with Crippen LogP contribution in [0.3, 0.4) is 0 Å². The number of aromatic nitrogens is 8. The number of benzene rings is 1. The molecule has 8 heterocycles. The lowest BCUT2D eigenvalue weighted by atomic mass is 10.0. The van der Waals surface area contributed by atoms with E-state index in [4.69, 9.17) is 49.5 Å². The maximum absolute atomic E-state index is 16.8. The summed E-state index contributed by atoms with van der Waals surface area (Å²) in [6.07, 6.45) is -8.23. The number of nitrogens with one attached hydrogen (secondary N) is 6. The number of imidazole rings is 2. The summed E-state index contributed by atoms with van der Waals surface area (Å²) in [5.41, 5.74) is 17.9. The van der Waals surface area contributed by atoms with Gasteiger partial charge >= 0.3 is 25.7 Å². The molecule has 4 aliphatic rings. The molecule has 3 saturated heterocycles. The topological polar surface area (TPSA) is 450 Å². The number of primary amides is 1. The number of nitrogens with zero attached hydrogens (tertiary/aromatic N) is 9. The molecule has 488 valence electrons. The number of ether oxygens (including phenoxy) is 3. The Labute approximate surface area is 523 Å². The number of imide groups is 1. The summed E-state index contributed by atoms with van der Waals surface area (Å²) in [5.74, 6) is -4.15. The van der Waals surface area contributed by atoms with Gasteiger partial charge in [0.15, 0.2) is 53.2 Å². The van der Waals surface area contributed by atoms with Gasteiger partial charge in [0.2, 0.25) is 23.6 Å². The number of alkyl carbamates (subject to hydrolysis) is 1. The van der Waals surface area contributed by atoms with Gasteiger partial charge in [-0.15, -0.1) is 0 Å². The van der Waals surface area contributed by atoms with Gasteiger partial charge in [0, 0.05) is 50.3 Å². The van der Waals surface area contributed by atoms with Crippen molar-refractivity contribution in [3.05, 3.63) is 67.3 Å². The predicted molar refractivity (Wildman–Crippen MR) is 318 cm³/mol. The van der Waals surface area contributed by atoms with E-state index in [1.54, 1.807) is 26.0 Å². The minimum Gasteiger partial charge on any atom is -0.445 e. The maximum Gasteiger partial charge on any atom is 0.418 e. The first-order valence-corrected chi connectivity index (χ1v) is 33.6. The van der Waals surface area contributed by atoms with Gasteiger partial charge < -0.3 is 57.6 Å². The van der Waals surface area contributed by atoms with Crippen molar-refractivity contribution in [2.24, 2.45) is 11.7 Å². The number of fused-ring (bicyclic) bond motifs is 4. The Kier molecular flexibility index (Phi) is 21.7. The van der Waals surface area contributed by atoms with Crippen molar-refractivity contribution in [1.29, 1.82) is 0 Å². The summed E-state index contributed by atoms with van der Waals surface area (Å²) in [5, 5.41) is 15.5. The Balaban J connectivity index is 0.735. The molecule has 4 aliphatic heterocycles. The van der Waals surface area contributed by atoms with Gasteiger partial charge in [-0.25, -0.2) is 57.4 Å². The number of carbonyl (C=O) groups is 8. The minimum absolute atomic E-state index is 0.00103. The Hall–Kier alpha value is -8.15. The number of nitrogens with two attached hydrogens (primary N) is 2. The van der Waals surface area contributed by atoms with Gasteiger partial charge in [-0.05, 0) is 53.7 Å². The van der Waals surface area contributed by atoms with Gasteiger partial charge in [0.1, 0.15) is 61.3 Å². The highest BCUT2D eigenvalue weighted by atomic mass is 32.7. The fraction of sp³-hybridized carbons (Fsp3) is 0.471. The quantitative estimate of drug-likeness (QED) is 0.0208. The van der Waals surface area contributed by atoms with E-state index in [0.29, 0.717) is 11.3 Å². The van der Waals surface area contributed by atoms with Crippen LogP contribution in [0.4, 0.5) is 35.7 Å². The monoisotopic (exact) mass is 1350 g/mol. The second kappa shape index (κ2) is 29.4. The number of hydrogen-bond acceptors (Lipinski definition) is 24. The molecule has 9 rings (SSSR count). The third-order valence-electron chi connectivity index (χ3n) is 14.3. The smallest absolute Gasteiger partial charge is 0.418 e. The lowest BCUT2D eigenvalue weighted by Gasteiger charge is -2.28. The lowest BCUT2D eigenvalue weighted by Crippen LogP contribution is -2.54. The van der Waals surface area contributed by atoms with Crippen molar-refractivity contribution in [2.75, 3.05) is 49.2 Å². The van der Waals surface area contributed by atoms with Crippen molar-refractivity contribution in [3.63, 3.8) is 0 Å². The third-order valence-corrected chi connectivity index (χ3v) is 18.5. The average Bonchev–Trinajstić information content (AvgIpc) is 1.69. The van der Waals surface area contributed by atoms with Crippen LogP contribution in [0.15, 0.2) is 61.7 Å². The fourth-order valence-electron chi connectivity index (χ4n) is 9.73. The number of urea groups is 1. The van der Waals surface area contributed by atoms with E-state index in [0.717, 1.165) is 40.6 Å². The Morgan fingerprint density at radius 2 is 1.40 bits per heavy atom. The number of amides is 9. The molecule has 1 aromatic carbocycles. The number of nitrogen functional groups attached to an aromatic ring is 1. The summed E-state index contributed by atoms with van der Waals surface area (Å²) in [6, 6.07) is 3.15. The summed E-state index contributed by atoms with van der Waals surface area (Å²) < 4.78 is 103. The number of thiol groups is 1. The Morgan fingerprint density at radius 1 is 0.780 bits per heavy atom. The zero-order chi connectivity index (χ0) is 65.3. The summed E-state index contributed by atoms with van der Waals surface area (Å²) in [6.45, 7) is -7.65. The standard InChI is InChI=1S/C51H61F2N17O17P2S2/c1-25(2)37(66-32(72)14-17-68-33(73)12-13-34(68)74)47(76)65-28(6-4-15-56-50(55)77)46(75)64-27-10-8-26(9-11-27)18-81-51(78)57-16-5-7-31(71)67-43-39-45(61-22-59-43)70(24-63-39)49-36(53)41-29(84-49)19-82-88(79,90)86-40-30(20-83-89(80,87-41)91-3)85-48(35(40)52)69-23-62-38-42(54)58-21-60-44(38)69/h3,8-13,21-25,28-30,35-37,40-41,48-49H,4-7,14-20H2,1-2H3,(H,57,78)(H,64,75)(H,65,76)(H,66,72)(H,79,90)(H2,54,58,60)(H3,55,56,77)(H,59,61,67,71)/t28-,29+,30+,35+,36+,37-,40+,41+,48+,49+,88-,89+/m0/s1. The number of halogens is 2. The summed E-state index contributed by atoms with van der Waals surface area (Å²) in [4.78, 5) is 126. The van der Waals surface area contributed by atoms with Crippen LogP contribution in [-0.4, -0.2) is 173 Å². The van der Waals surface area contributed by atoms with Crippen LogP contribution in [-0.2, 0) is 76.8 Å². The molecule has 10 N–H and O–H groups in total. The molecule has 34 nitrogen and oxygen atoms in total. The Morgan fingerprint density at radius 3 is 2.04 bits per heavy atom. The van der Waals surface area contributed by atoms with E-state index >= 15 is 8.78 Å². The molecule has 12 atom stereocenters. The Bertz CT molecular complexity index is 3750. The van der Waals surface area contributed by atoms with Gasteiger partial charge in [0.25, 0.3) is 11.8 Å². The molecule has 0 saturated carbocycles. The molecule has 3 fully saturated rings. The average molecular weight is 1350 g/mol. The number of hydrogen-bond donors (Lipinski definition) is 9. The molecule has 0 radical (unpaired) electrons. The van der Waals surface area contributed by atoms with E-state index in [2.05, 4.69) is 74.1 Å². The SMILES string of the molecule is C#S[P@]1(=O)OC[C@H]2O[C@@H](n3cnc4c(N)ncnc43)[C@H](F)[C@@H]2O[P@@](=O)(S)OC[C@H]2O[C@@H](n3cnc4c(NC(=O)CCCNC(=O)OCc5ccc(NC(=O)[C@H](CCCNC(N)=O)NC(=O)[C@@H](NC(=O)CCN6C(=O)C=CC6=O)C(C)C)cc5)ncnc43)[C@H](F)[C@@H]2O1. The van der Waals surface area contributed by atoms with E-state index in [1.165, 1.54) is 23.0 Å². The third kappa shape index (κ3) is 16.5. The van der Waals surface area contributed by atoms with Crippen LogP contribution in [0.2, 0.25) is 0 Å². The van der Waals surface area contributed by atoms with Crippen LogP contribution in [0.5, 0.6) is 0 Å². The number of carbonyl (C=O) groups excluding carboxylic acids is 8. The highest BCUT2D eigenvalue weighted by molar-refractivity contribution is 8.48. The van der Waals surface area contributed by atoms with E-state index in [9.17, 15) is 47.5 Å². The van der Waals surface area contributed by atoms with Gasteiger partial charge in [0.05, 0.1) is 25.9 Å². The van der Waals surface area contributed by atoms with Crippen LogP contribution < -0.4 is 43.4 Å². The van der Waals surface area contributed by atoms with Gasteiger partial charge in [-0.3, -0.25) is 60.9 Å². The van der Waals surface area contributed by atoms with E-state index in [1.807, 2.05) is 0 Å². The van der Waals surface area contributed by atoms with Crippen molar-refractivity contribution in [2.45, 2.75) is 114 Å². The first kappa shape index (κ1) is 67.2. The zero-order valence-corrected chi connectivity index (χ0v) is 51.6. The number of anilines is 3. The van der Waals surface area contributed by atoms with E-state index < -0.39 is 142 Å². The maximum atomic E-state index is 16.8. The fourth-order valence-corrected chi connectivity index (χ4v) is 13.1. The molecule has 0 spiro atoms. The molecular formula is C51H61F2N17O17P2S2. The second-order valence-corrected chi connectivity index (χ2v) is 27.4. The molecular weight excluding hydrogens is 1290 g/mol.